The number of ether oxygens (including phenoxy) is 8. The molecule has 3 heterocycles. The highest BCUT2D eigenvalue weighted by molar-refractivity contribution is 5.76. The molecule has 384 valence electrons. The van der Waals surface area contributed by atoms with Gasteiger partial charge in [-0.05, 0) is 72.0 Å². The molecule has 0 aromatic heterocycles. The van der Waals surface area contributed by atoms with Crippen LogP contribution >= 0.6 is 0 Å². The topological polar surface area (TPSA) is 223 Å². The van der Waals surface area contributed by atoms with Crippen LogP contribution in [0.1, 0.15) is 112 Å². The number of methoxy groups -OCH3 is 1. The van der Waals surface area contributed by atoms with Crippen molar-refractivity contribution in [3.63, 3.8) is 0 Å². The summed E-state index contributed by atoms with van der Waals surface area (Å²) in [5, 5.41) is 24.6. The van der Waals surface area contributed by atoms with Crippen LogP contribution < -0.4 is 0 Å². The molecular formula is C50H78N2O16. The van der Waals surface area contributed by atoms with Crippen LogP contribution in [0, 0.1) is 17.8 Å². The third-order valence-electron chi connectivity index (χ3n) is 13.6. The summed E-state index contributed by atoms with van der Waals surface area (Å²) in [6.45, 7) is 13.3. The summed E-state index contributed by atoms with van der Waals surface area (Å²) in [6.07, 6.45) is -9.82. The molecule has 0 spiro atoms. The SMILES string of the molecule is CCC(=O)O[C@@H]1CC(=O)O[C@H](C)CCN(C(=O)CCc2ccccc2)C[C@H](O)[C@H](C)C[C@H](CC=O)[C@H]([C@@H]2O[C@H](C)[C@@H](O[C@@H]3C[C@@](C)(OC(C)=O)[C@@H](OC(=O)CC)[C@H](C)O3)[C@H](N(C)C)[C@H]2O)[C@@H]1OC. The van der Waals surface area contributed by atoms with E-state index in [4.69, 9.17) is 37.9 Å². The molecule has 1 aromatic carbocycles. The van der Waals surface area contributed by atoms with Crippen molar-refractivity contribution in [3.8, 4) is 0 Å². The standard InChI is InChI=1S/C50H78N2O16/c1-12-39(57)65-37-26-41(59)62-30(4)21-23-52(38(56)20-19-34-17-15-14-16-18-34)28-36(55)29(3)25-35(22-24-53)43(47(37)61-11)48-45(60)44(51(9)10)46(31(5)64-48)67-42-27-50(8,68-33(7)54)49(32(6)63-42)66-40(58)13-2/h14-18,24,29-32,35-37,42-49,55,60H,12-13,19-23,25-28H2,1-11H3/t29-,30-,31-,32+,35+,36+,37-,42-,43+,44-,45-,46-,47-,48+,49+,50-/m1/s1. The first-order valence-corrected chi connectivity index (χ1v) is 24.2. The van der Waals surface area contributed by atoms with Gasteiger partial charge in [-0.3, -0.25) is 24.0 Å². The highest BCUT2D eigenvalue weighted by atomic mass is 16.7. The molecule has 3 saturated heterocycles. The van der Waals surface area contributed by atoms with E-state index < -0.39 is 127 Å². The maximum Gasteiger partial charge on any atom is 0.309 e. The van der Waals surface area contributed by atoms with Gasteiger partial charge in [0.1, 0.15) is 30.7 Å². The molecule has 18 heteroatoms. The van der Waals surface area contributed by atoms with Crippen LogP contribution in [0.15, 0.2) is 30.3 Å². The van der Waals surface area contributed by atoms with E-state index in [-0.39, 0.29) is 63.9 Å². The number of likely N-dealkylation sites (N-methyl/N-ethyl adjacent to an activating group) is 1. The molecule has 0 bridgehead atoms. The number of β-amino-alcohol motifs (C(OH)–C–C–N with tert-alkyl or cyclic N) is 1. The number of cyclic esters (lactones) is 1. The fourth-order valence-electron chi connectivity index (χ4n) is 10.1. The van der Waals surface area contributed by atoms with E-state index in [0.717, 1.165) is 11.8 Å². The number of aldehydes is 1. The Kier molecular flexibility index (Phi) is 21.8. The van der Waals surface area contributed by atoms with Crippen LogP contribution in [-0.4, -0.2) is 169 Å². The summed E-state index contributed by atoms with van der Waals surface area (Å²) >= 11 is 0. The molecule has 4 rings (SSSR count). The summed E-state index contributed by atoms with van der Waals surface area (Å²) in [5.74, 6) is -4.81. The van der Waals surface area contributed by atoms with Gasteiger partial charge in [-0.1, -0.05) is 51.1 Å². The first-order valence-electron chi connectivity index (χ1n) is 24.2. The number of esters is 4. The van der Waals surface area contributed by atoms with Gasteiger partial charge in [0, 0.05) is 71.6 Å². The Balaban J connectivity index is 1.75. The number of carbonyl (C=O) groups excluding carboxylic acids is 6. The van der Waals surface area contributed by atoms with E-state index in [9.17, 15) is 39.0 Å². The van der Waals surface area contributed by atoms with Gasteiger partial charge in [0.25, 0.3) is 0 Å². The lowest BCUT2D eigenvalue weighted by Crippen LogP contribution is -2.67. The maximum absolute atomic E-state index is 13.8. The molecule has 0 saturated carbocycles. The van der Waals surface area contributed by atoms with E-state index in [1.807, 2.05) is 37.3 Å². The average Bonchev–Trinajstić information content (AvgIpc) is 3.27. The minimum Gasteiger partial charge on any atom is -0.462 e. The summed E-state index contributed by atoms with van der Waals surface area (Å²) in [6, 6.07) is 8.77. The van der Waals surface area contributed by atoms with Crippen LogP contribution in [0.3, 0.4) is 0 Å². The highest BCUT2D eigenvalue weighted by Crippen LogP contribution is 2.43. The maximum atomic E-state index is 13.8. The highest BCUT2D eigenvalue weighted by Gasteiger charge is 2.56. The Morgan fingerprint density at radius 3 is 2.22 bits per heavy atom. The minimum absolute atomic E-state index is 0.0280. The number of aliphatic hydroxyl groups is 2. The zero-order valence-electron chi connectivity index (χ0n) is 41.9. The van der Waals surface area contributed by atoms with E-state index in [1.54, 1.807) is 65.4 Å². The Morgan fingerprint density at radius 2 is 1.62 bits per heavy atom. The van der Waals surface area contributed by atoms with Gasteiger partial charge < -0.3 is 62.7 Å². The lowest BCUT2D eigenvalue weighted by atomic mass is 9.71. The van der Waals surface area contributed by atoms with Gasteiger partial charge in [0.2, 0.25) is 5.91 Å². The zero-order chi connectivity index (χ0) is 50.5. The normalized spacial score (nSPS) is 35.5. The van der Waals surface area contributed by atoms with Crippen LogP contribution in [-0.2, 0) is 73.1 Å². The molecule has 2 N–H and O–H groups in total. The van der Waals surface area contributed by atoms with E-state index in [1.165, 1.54) is 14.0 Å². The molecule has 18 nitrogen and oxygen atoms in total. The smallest absolute Gasteiger partial charge is 0.309 e. The molecule has 3 fully saturated rings. The molecule has 0 radical (unpaired) electrons. The van der Waals surface area contributed by atoms with Crippen molar-refractivity contribution in [1.82, 2.24) is 9.80 Å². The van der Waals surface area contributed by atoms with Gasteiger partial charge in [-0.25, -0.2) is 0 Å². The van der Waals surface area contributed by atoms with Gasteiger partial charge in [0.15, 0.2) is 18.0 Å². The Bertz CT molecular complexity index is 1800. The summed E-state index contributed by atoms with van der Waals surface area (Å²) in [7, 11) is 4.91. The van der Waals surface area contributed by atoms with Crippen molar-refractivity contribution in [2.75, 3.05) is 34.3 Å². The van der Waals surface area contributed by atoms with Crippen molar-refractivity contribution < 1.29 is 76.9 Å². The summed E-state index contributed by atoms with van der Waals surface area (Å²) in [4.78, 5) is 81.8. The van der Waals surface area contributed by atoms with Crippen LogP contribution in [0.5, 0.6) is 0 Å². The number of benzene rings is 1. The number of rotatable bonds is 15. The molecule has 0 unspecified atom stereocenters. The van der Waals surface area contributed by atoms with Gasteiger partial charge in [-0.15, -0.1) is 0 Å². The Hall–Kier alpha value is -4.04. The number of aryl methyl sites for hydroxylation is 1. The summed E-state index contributed by atoms with van der Waals surface area (Å²) in [5.41, 5.74) is -0.355. The lowest BCUT2D eigenvalue weighted by Gasteiger charge is -2.53. The van der Waals surface area contributed by atoms with Gasteiger partial charge in [-0.2, -0.15) is 0 Å². The molecule has 16 atom stereocenters. The van der Waals surface area contributed by atoms with E-state index in [0.29, 0.717) is 6.42 Å². The van der Waals surface area contributed by atoms with Crippen molar-refractivity contribution in [2.45, 2.75) is 192 Å². The Labute approximate surface area is 401 Å². The molecule has 68 heavy (non-hydrogen) atoms. The number of hydrogen-bond donors (Lipinski definition) is 2. The second-order valence-electron chi connectivity index (χ2n) is 19.2. The molecule has 3 aliphatic heterocycles. The first kappa shape index (κ1) is 56.5. The van der Waals surface area contributed by atoms with Crippen molar-refractivity contribution in [2.24, 2.45) is 17.8 Å². The molecule has 3 aliphatic rings. The third kappa shape index (κ3) is 15.2. The largest absolute Gasteiger partial charge is 0.462 e. The van der Waals surface area contributed by atoms with Crippen molar-refractivity contribution in [3.05, 3.63) is 35.9 Å². The second-order valence-corrected chi connectivity index (χ2v) is 19.2. The molecule has 1 aromatic rings. The predicted molar refractivity (Wildman–Crippen MR) is 247 cm³/mol. The predicted octanol–water partition coefficient (Wildman–Crippen LogP) is 3.96. The van der Waals surface area contributed by atoms with Gasteiger partial charge >= 0.3 is 23.9 Å². The van der Waals surface area contributed by atoms with Crippen LogP contribution in [0.2, 0.25) is 0 Å². The molecule has 0 aliphatic carbocycles. The fraction of sp³-hybridized carbons (Fsp3) is 0.760. The van der Waals surface area contributed by atoms with Gasteiger partial charge in [0.05, 0.1) is 43.0 Å². The molecular weight excluding hydrogens is 885 g/mol. The summed E-state index contributed by atoms with van der Waals surface area (Å²) < 4.78 is 49.3. The number of hydrogen-bond acceptors (Lipinski definition) is 17. The number of amides is 1. The van der Waals surface area contributed by atoms with Crippen LogP contribution in [0.4, 0.5) is 0 Å². The lowest BCUT2D eigenvalue weighted by molar-refractivity contribution is -0.319. The number of aliphatic hydroxyl groups excluding tert-OH is 2. The monoisotopic (exact) mass is 963 g/mol. The van der Waals surface area contributed by atoms with Crippen molar-refractivity contribution in [1.29, 1.82) is 0 Å². The van der Waals surface area contributed by atoms with E-state index >= 15 is 0 Å². The second kappa shape index (κ2) is 26.2. The molecule has 1 amide bonds. The quantitative estimate of drug-likeness (QED) is 0.144. The minimum atomic E-state index is -1.39. The number of nitrogens with zero attached hydrogens (tertiary/aromatic N) is 2. The fourth-order valence-corrected chi connectivity index (χ4v) is 10.1. The Morgan fingerprint density at radius 1 is 0.956 bits per heavy atom. The third-order valence-corrected chi connectivity index (χ3v) is 13.6. The average molecular weight is 963 g/mol. The zero-order valence-corrected chi connectivity index (χ0v) is 41.9. The first-order chi connectivity index (χ1) is 32.2. The van der Waals surface area contributed by atoms with Crippen LogP contribution in [0.25, 0.3) is 0 Å². The number of carbonyl (C=O) groups is 6. The van der Waals surface area contributed by atoms with E-state index in [2.05, 4.69) is 0 Å². The van der Waals surface area contributed by atoms with Crippen molar-refractivity contribution >= 4 is 36.1 Å².